The van der Waals surface area contributed by atoms with Crippen LogP contribution in [0.25, 0.3) is 10.8 Å². The second-order valence-electron chi connectivity index (χ2n) is 7.79. The highest BCUT2D eigenvalue weighted by Gasteiger charge is 2.51. The van der Waals surface area contributed by atoms with Crippen LogP contribution in [0.15, 0.2) is 42.5 Å². The van der Waals surface area contributed by atoms with Crippen molar-refractivity contribution in [3.05, 3.63) is 42.5 Å². The molecule has 1 saturated heterocycles. The lowest BCUT2D eigenvalue weighted by atomic mass is 9.86. The fourth-order valence-electron chi connectivity index (χ4n) is 4.24. The van der Waals surface area contributed by atoms with E-state index in [2.05, 4.69) is 0 Å². The molecule has 1 unspecified atom stereocenters. The van der Waals surface area contributed by atoms with Crippen LogP contribution in [0.5, 0.6) is 0 Å². The number of benzene rings is 2. The molecule has 1 aliphatic heterocycles. The largest absolute Gasteiger partial charge is 0.371 e. The zero-order chi connectivity index (χ0) is 17.7. The molecule has 128 valence electrons. The Morgan fingerprint density at radius 2 is 1.67 bits per heavy atom. The van der Waals surface area contributed by atoms with Crippen molar-refractivity contribution in [2.45, 2.75) is 58.3 Å². The van der Waals surface area contributed by atoms with Crippen molar-refractivity contribution in [2.24, 2.45) is 0 Å². The lowest BCUT2D eigenvalue weighted by molar-refractivity contribution is -0.0333. The Bertz CT molecular complexity index is 775. The summed E-state index contributed by atoms with van der Waals surface area (Å²) >= 11 is 0. The van der Waals surface area contributed by atoms with Gasteiger partial charge in [0.25, 0.3) is 0 Å². The summed E-state index contributed by atoms with van der Waals surface area (Å²) < 4.78 is 0. The van der Waals surface area contributed by atoms with E-state index in [1.165, 1.54) is 0 Å². The van der Waals surface area contributed by atoms with Gasteiger partial charge in [0.05, 0.1) is 5.69 Å². The molecule has 3 rings (SSSR count). The second-order valence-corrected chi connectivity index (χ2v) is 7.79. The number of nitrogens with zero attached hydrogens (tertiary/aromatic N) is 2. The molecule has 1 N–H and O–H groups in total. The molecular formula is C20H26N2O2. The van der Waals surface area contributed by atoms with Crippen LogP contribution in [0.4, 0.5) is 10.5 Å². The van der Waals surface area contributed by atoms with Crippen LogP contribution in [0, 0.1) is 0 Å². The smallest absolute Gasteiger partial charge is 0.327 e. The van der Waals surface area contributed by atoms with E-state index >= 15 is 0 Å². The van der Waals surface area contributed by atoms with Gasteiger partial charge in [-0.1, -0.05) is 36.4 Å². The molecular weight excluding hydrogens is 300 g/mol. The van der Waals surface area contributed by atoms with Gasteiger partial charge in [-0.05, 0) is 46.1 Å². The summed E-state index contributed by atoms with van der Waals surface area (Å²) in [6, 6.07) is 13.7. The first-order chi connectivity index (χ1) is 11.1. The van der Waals surface area contributed by atoms with Gasteiger partial charge in [-0.3, -0.25) is 4.90 Å². The Labute approximate surface area is 143 Å². The van der Waals surface area contributed by atoms with Crippen LogP contribution in [0.1, 0.15) is 41.0 Å². The number of rotatable bonds is 2. The van der Waals surface area contributed by atoms with Gasteiger partial charge < -0.3 is 10.0 Å². The van der Waals surface area contributed by atoms with Gasteiger partial charge in [0, 0.05) is 23.4 Å². The van der Waals surface area contributed by atoms with Gasteiger partial charge in [0.2, 0.25) is 0 Å². The molecule has 1 aliphatic rings. The fraction of sp³-hybridized carbons (Fsp3) is 0.450. The predicted molar refractivity (Wildman–Crippen MR) is 98.1 cm³/mol. The molecule has 2 aromatic rings. The molecule has 4 nitrogen and oxygen atoms in total. The van der Waals surface area contributed by atoms with Gasteiger partial charge in [0.1, 0.15) is 5.72 Å². The summed E-state index contributed by atoms with van der Waals surface area (Å²) in [7, 11) is 0. The van der Waals surface area contributed by atoms with Crippen molar-refractivity contribution in [3.63, 3.8) is 0 Å². The third-order valence-corrected chi connectivity index (χ3v) is 4.82. The molecule has 0 aromatic heterocycles. The molecule has 1 fully saturated rings. The Morgan fingerprint density at radius 3 is 2.33 bits per heavy atom. The maximum Gasteiger partial charge on any atom is 0.327 e. The molecule has 1 atom stereocenters. The van der Waals surface area contributed by atoms with Crippen LogP contribution in [-0.4, -0.2) is 33.3 Å². The van der Waals surface area contributed by atoms with Crippen molar-refractivity contribution in [1.29, 1.82) is 0 Å². The third-order valence-electron chi connectivity index (χ3n) is 4.82. The average molecular weight is 326 g/mol. The zero-order valence-corrected chi connectivity index (χ0v) is 15.1. The number of hydrogen-bond donors (Lipinski definition) is 1. The molecule has 0 bridgehead atoms. The molecule has 0 radical (unpaired) electrons. The van der Waals surface area contributed by atoms with E-state index in [0.717, 1.165) is 16.5 Å². The molecule has 0 spiro atoms. The zero-order valence-electron chi connectivity index (χ0n) is 15.1. The maximum atomic E-state index is 13.3. The van der Waals surface area contributed by atoms with E-state index in [1.807, 2.05) is 75.1 Å². The third kappa shape index (κ3) is 2.55. The van der Waals surface area contributed by atoms with Crippen molar-refractivity contribution in [1.82, 2.24) is 4.90 Å². The topological polar surface area (TPSA) is 43.8 Å². The first kappa shape index (κ1) is 16.8. The SMILES string of the molecule is CC(C)N1C(=O)N(c2cccc3ccccc23)C(C)(O)CC1(C)C. The number of fused-ring (bicyclic) bond motifs is 1. The number of hydrogen-bond acceptors (Lipinski definition) is 2. The summed E-state index contributed by atoms with van der Waals surface area (Å²) in [4.78, 5) is 16.8. The van der Waals surface area contributed by atoms with E-state index in [-0.39, 0.29) is 12.1 Å². The van der Waals surface area contributed by atoms with Crippen molar-refractivity contribution in [2.75, 3.05) is 4.90 Å². The van der Waals surface area contributed by atoms with E-state index < -0.39 is 11.3 Å². The molecule has 0 aliphatic carbocycles. The number of carbonyl (C=O) groups is 1. The van der Waals surface area contributed by atoms with Gasteiger partial charge in [0.15, 0.2) is 0 Å². The number of urea groups is 1. The molecule has 1 heterocycles. The van der Waals surface area contributed by atoms with E-state index in [0.29, 0.717) is 6.42 Å². The first-order valence-electron chi connectivity index (χ1n) is 8.49. The number of aliphatic hydroxyl groups is 1. The maximum absolute atomic E-state index is 13.3. The standard InChI is InChI=1S/C20H26N2O2/c1-14(2)21-18(23)22(20(5,24)13-19(21,3)4)17-12-8-10-15-9-6-7-11-16(15)17/h6-12,14,24H,13H2,1-5H3. The minimum atomic E-state index is -1.24. The van der Waals surface area contributed by atoms with Gasteiger partial charge >= 0.3 is 6.03 Å². The van der Waals surface area contributed by atoms with Crippen molar-refractivity contribution < 1.29 is 9.90 Å². The summed E-state index contributed by atoms with van der Waals surface area (Å²) in [5, 5.41) is 13.2. The van der Waals surface area contributed by atoms with Gasteiger partial charge in [-0.2, -0.15) is 0 Å². The second kappa shape index (κ2) is 5.49. The minimum absolute atomic E-state index is 0.0566. The van der Waals surface area contributed by atoms with Crippen LogP contribution >= 0.6 is 0 Å². The normalized spacial score (nSPS) is 24.0. The summed E-state index contributed by atoms with van der Waals surface area (Å²) in [5.74, 6) is 0. The lowest BCUT2D eigenvalue weighted by Gasteiger charge is -2.55. The van der Waals surface area contributed by atoms with Gasteiger partial charge in [-0.15, -0.1) is 0 Å². The van der Waals surface area contributed by atoms with Crippen molar-refractivity contribution >= 4 is 22.5 Å². The molecule has 24 heavy (non-hydrogen) atoms. The Balaban J connectivity index is 2.19. The highest BCUT2D eigenvalue weighted by Crippen LogP contribution is 2.41. The Morgan fingerprint density at radius 1 is 1.04 bits per heavy atom. The molecule has 0 saturated carbocycles. The summed E-state index contributed by atoms with van der Waals surface area (Å²) in [6.07, 6.45) is 0.479. The minimum Gasteiger partial charge on any atom is -0.371 e. The number of carbonyl (C=O) groups excluding carboxylic acids is 1. The Kier molecular flexibility index (Phi) is 3.83. The molecule has 2 amide bonds. The first-order valence-corrected chi connectivity index (χ1v) is 8.49. The number of anilines is 1. The lowest BCUT2D eigenvalue weighted by Crippen LogP contribution is -2.69. The highest BCUT2D eigenvalue weighted by molar-refractivity contribution is 6.04. The summed E-state index contributed by atoms with van der Waals surface area (Å²) in [5.41, 5.74) is -0.893. The molecule has 4 heteroatoms. The molecule has 2 aromatic carbocycles. The quantitative estimate of drug-likeness (QED) is 0.890. The van der Waals surface area contributed by atoms with Crippen LogP contribution in [0.2, 0.25) is 0 Å². The van der Waals surface area contributed by atoms with Crippen LogP contribution in [0.3, 0.4) is 0 Å². The van der Waals surface area contributed by atoms with Gasteiger partial charge in [-0.25, -0.2) is 4.79 Å². The predicted octanol–water partition coefficient (Wildman–Crippen LogP) is 4.37. The monoisotopic (exact) mass is 326 g/mol. The Hall–Kier alpha value is -2.07. The fourth-order valence-corrected chi connectivity index (χ4v) is 4.24. The van der Waals surface area contributed by atoms with Crippen molar-refractivity contribution in [3.8, 4) is 0 Å². The van der Waals surface area contributed by atoms with Crippen LogP contribution in [-0.2, 0) is 0 Å². The van der Waals surface area contributed by atoms with Crippen LogP contribution < -0.4 is 4.90 Å². The highest BCUT2D eigenvalue weighted by atomic mass is 16.3. The van der Waals surface area contributed by atoms with E-state index in [4.69, 9.17) is 0 Å². The number of amides is 2. The van der Waals surface area contributed by atoms with E-state index in [1.54, 1.807) is 11.8 Å². The van der Waals surface area contributed by atoms with E-state index in [9.17, 15) is 9.90 Å². The summed E-state index contributed by atoms with van der Waals surface area (Å²) in [6.45, 7) is 9.79. The average Bonchev–Trinajstić information content (AvgIpc) is 2.44.